The third-order valence-electron chi connectivity index (χ3n) is 4.57. The van der Waals surface area contributed by atoms with E-state index in [9.17, 15) is 4.39 Å². The van der Waals surface area contributed by atoms with Crippen LogP contribution in [0.3, 0.4) is 0 Å². The molecule has 0 saturated heterocycles. The Labute approximate surface area is 116 Å². The number of hydrogen-bond acceptors (Lipinski definition) is 0. The summed E-state index contributed by atoms with van der Waals surface area (Å²) in [5, 5.41) is 0. The van der Waals surface area contributed by atoms with E-state index in [1.807, 2.05) is 12.1 Å². The first kappa shape index (κ1) is 14.3. The molecule has 1 aromatic rings. The van der Waals surface area contributed by atoms with Gasteiger partial charge in [0.25, 0.3) is 0 Å². The van der Waals surface area contributed by atoms with Gasteiger partial charge in [0.05, 0.1) is 0 Å². The van der Waals surface area contributed by atoms with E-state index in [2.05, 4.69) is 26.5 Å². The highest BCUT2D eigenvalue weighted by molar-refractivity contribution is 5.21. The Kier molecular flexibility index (Phi) is 4.44. The van der Waals surface area contributed by atoms with E-state index in [1.165, 1.54) is 37.7 Å². The second-order valence-corrected chi connectivity index (χ2v) is 6.49. The predicted octanol–water partition coefficient (Wildman–Crippen LogP) is 5.70. The van der Waals surface area contributed by atoms with Crippen molar-refractivity contribution in [3.05, 3.63) is 48.3 Å². The van der Waals surface area contributed by atoms with Gasteiger partial charge in [0.15, 0.2) is 0 Å². The first-order chi connectivity index (χ1) is 9.04. The van der Waals surface area contributed by atoms with E-state index in [0.717, 1.165) is 5.92 Å². The first-order valence-corrected chi connectivity index (χ1v) is 7.44. The van der Waals surface area contributed by atoms with Crippen molar-refractivity contribution >= 4 is 0 Å². The van der Waals surface area contributed by atoms with Crippen molar-refractivity contribution in [3.8, 4) is 0 Å². The number of halogens is 1. The molecule has 0 amide bonds. The fourth-order valence-corrected chi connectivity index (χ4v) is 3.57. The van der Waals surface area contributed by atoms with Crippen LogP contribution < -0.4 is 0 Å². The summed E-state index contributed by atoms with van der Waals surface area (Å²) in [5.41, 5.74) is 1.63. The van der Waals surface area contributed by atoms with Gasteiger partial charge in [-0.15, -0.1) is 6.58 Å². The van der Waals surface area contributed by atoms with Gasteiger partial charge in [-0.3, -0.25) is 0 Å². The molecular formula is C18H25F. The van der Waals surface area contributed by atoms with Crippen LogP contribution in [0.2, 0.25) is 0 Å². The summed E-state index contributed by atoms with van der Waals surface area (Å²) in [6.07, 6.45) is 8.27. The highest BCUT2D eigenvalue weighted by Gasteiger charge is 2.33. The SMILES string of the molecule is C=CC1(CC(C)C)CCC(c2ccc(F)cc2)CC1. The van der Waals surface area contributed by atoms with Gasteiger partial charge in [0.1, 0.15) is 5.82 Å². The summed E-state index contributed by atoms with van der Waals surface area (Å²) >= 11 is 0. The van der Waals surface area contributed by atoms with Crippen LogP contribution in [0.4, 0.5) is 4.39 Å². The minimum absolute atomic E-state index is 0.139. The van der Waals surface area contributed by atoms with Crippen LogP contribution in [0.5, 0.6) is 0 Å². The van der Waals surface area contributed by atoms with E-state index in [0.29, 0.717) is 11.3 Å². The zero-order chi connectivity index (χ0) is 13.9. The molecule has 0 nitrogen and oxygen atoms in total. The third-order valence-corrected chi connectivity index (χ3v) is 4.57. The van der Waals surface area contributed by atoms with E-state index >= 15 is 0 Å². The fraction of sp³-hybridized carbons (Fsp3) is 0.556. The summed E-state index contributed by atoms with van der Waals surface area (Å²) in [6, 6.07) is 7.06. The predicted molar refractivity (Wildman–Crippen MR) is 79.7 cm³/mol. The first-order valence-electron chi connectivity index (χ1n) is 7.44. The Bertz CT molecular complexity index is 408. The largest absolute Gasteiger partial charge is 0.207 e. The Hall–Kier alpha value is -1.11. The van der Waals surface area contributed by atoms with Crippen molar-refractivity contribution in [1.29, 1.82) is 0 Å². The van der Waals surface area contributed by atoms with Crippen molar-refractivity contribution in [2.45, 2.75) is 51.9 Å². The monoisotopic (exact) mass is 260 g/mol. The minimum Gasteiger partial charge on any atom is -0.207 e. The van der Waals surface area contributed by atoms with E-state index in [-0.39, 0.29) is 5.82 Å². The molecule has 1 heteroatoms. The van der Waals surface area contributed by atoms with Crippen LogP contribution in [0.1, 0.15) is 57.4 Å². The molecule has 19 heavy (non-hydrogen) atoms. The maximum atomic E-state index is 13.0. The van der Waals surface area contributed by atoms with Crippen LogP contribution in [0.15, 0.2) is 36.9 Å². The van der Waals surface area contributed by atoms with Crippen molar-refractivity contribution in [2.75, 3.05) is 0 Å². The maximum absolute atomic E-state index is 13.0. The van der Waals surface area contributed by atoms with E-state index < -0.39 is 0 Å². The standard InChI is InChI=1S/C18H25F/c1-4-18(13-14(2)3)11-9-16(10-12-18)15-5-7-17(19)8-6-15/h4-8,14,16H,1,9-13H2,2-3H3. The molecule has 1 aliphatic carbocycles. The van der Waals surface area contributed by atoms with Gasteiger partial charge < -0.3 is 0 Å². The molecule has 1 aliphatic rings. The lowest BCUT2D eigenvalue weighted by atomic mass is 9.66. The second kappa shape index (κ2) is 5.90. The molecule has 1 aromatic carbocycles. The molecule has 0 bridgehead atoms. The van der Waals surface area contributed by atoms with Crippen LogP contribution in [-0.2, 0) is 0 Å². The molecule has 0 radical (unpaired) electrons. The molecule has 104 valence electrons. The number of benzene rings is 1. The van der Waals surface area contributed by atoms with Crippen LogP contribution >= 0.6 is 0 Å². The van der Waals surface area contributed by atoms with Crippen molar-refractivity contribution < 1.29 is 4.39 Å². The number of allylic oxidation sites excluding steroid dienone is 1. The summed E-state index contributed by atoms with van der Waals surface area (Å²) in [6.45, 7) is 8.65. The Morgan fingerprint density at radius 3 is 2.32 bits per heavy atom. The van der Waals surface area contributed by atoms with Crippen molar-refractivity contribution in [2.24, 2.45) is 11.3 Å². The van der Waals surface area contributed by atoms with Gasteiger partial charge in [-0.1, -0.05) is 32.1 Å². The van der Waals surface area contributed by atoms with Crippen molar-refractivity contribution in [1.82, 2.24) is 0 Å². The zero-order valence-electron chi connectivity index (χ0n) is 12.2. The molecule has 0 spiro atoms. The number of hydrogen-bond donors (Lipinski definition) is 0. The maximum Gasteiger partial charge on any atom is 0.123 e. The molecule has 0 unspecified atom stereocenters. The molecular weight excluding hydrogens is 235 g/mol. The molecule has 0 aliphatic heterocycles. The lowest BCUT2D eigenvalue weighted by molar-refractivity contribution is 0.197. The minimum atomic E-state index is -0.139. The fourth-order valence-electron chi connectivity index (χ4n) is 3.57. The second-order valence-electron chi connectivity index (χ2n) is 6.49. The van der Waals surface area contributed by atoms with E-state index in [1.54, 1.807) is 12.1 Å². The number of rotatable bonds is 4. The van der Waals surface area contributed by atoms with Gasteiger partial charge >= 0.3 is 0 Å². The molecule has 1 fully saturated rings. The lowest BCUT2D eigenvalue weighted by Gasteiger charge is -2.39. The Morgan fingerprint density at radius 2 is 1.84 bits per heavy atom. The van der Waals surface area contributed by atoms with Gasteiger partial charge in [0, 0.05) is 0 Å². The molecule has 0 atom stereocenters. The van der Waals surface area contributed by atoms with Gasteiger partial charge in [-0.2, -0.15) is 0 Å². The van der Waals surface area contributed by atoms with Gasteiger partial charge in [-0.05, 0) is 67.1 Å². The highest BCUT2D eigenvalue weighted by Crippen LogP contribution is 2.47. The van der Waals surface area contributed by atoms with Crippen molar-refractivity contribution in [3.63, 3.8) is 0 Å². The van der Waals surface area contributed by atoms with E-state index in [4.69, 9.17) is 0 Å². The Morgan fingerprint density at radius 1 is 1.26 bits per heavy atom. The quantitative estimate of drug-likeness (QED) is 0.609. The highest BCUT2D eigenvalue weighted by atomic mass is 19.1. The summed E-state index contributed by atoms with van der Waals surface area (Å²) in [4.78, 5) is 0. The van der Waals surface area contributed by atoms with Crippen LogP contribution in [0, 0.1) is 17.2 Å². The smallest absolute Gasteiger partial charge is 0.123 e. The average molecular weight is 260 g/mol. The topological polar surface area (TPSA) is 0 Å². The summed E-state index contributed by atoms with van der Waals surface area (Å²) in [7, 11) is 0. The van der Waals surface area contributed by atoms with Crippen LogP contribution in [0.25, 0.3) is 0 Å². The zero-order valence-corrected chi connectivity index (χ0v) is 12.2. The molecule has 0 N–H and O–H groups in total. The van der Waals surface area contributed by atoms with Crippen LogP contribution in [-0.4, -0.2) is 0 Å². The lowest BCUT2D eigenvalue weighted by Crippen LogP contribution is -2.26. The summed E-state index contributed by atoms with van der Waals surface area (Å²) < 4.78 is 13.0. The third kappa shape index (κ3) is 3.46. The normalized spacial score (nSPS) is 27.5. The summed E-state index contributed by atoms with van der Waals surface area (Å²) in [5.74, 6) is 1.18. The Balaban J connectivity index is 2.01. The average Bonchev–Trinajstić information content (AvgIpc) is 2.40. The van der Waals surface area contributed by atoms with Gasteiger partial charge in [0.2, 0.25) is 0 Å². The van der Waals surface area contributed by atoms with Gasteiger partial charge in [-0.25, -0.2) is 4.39 Å². The molecule has 0 heterocycles. The molecule has 0 aromatic heterocycles. The molecule has 2 rings (SSSR count). The molecule has 1 saturated carbocycles.